The molecule has 5 nitrogen and oxygen atoms in total. The molecule has 1 aromatic heterocycles. The minimum absolute atomic E-state index is 0.0691. The van der Waals surface area contributed by atoms with Gasteiger partial charge in [-0.25, -0.2) is 4.79 Å². The first-order chi connectivity index (χ1) is 10.0. The molecular formula is C16H17NO4. The summed E-state index contributed by atoms with van der Waals surface area (Å²) in [6, 6.07) is 9.00. The van der Waals surface area contributed by atoms with Crippen LogP contribution in [0.2, 0.25) is 0 Å². The summed E-state index contributed by atoms with van der Waals surface area (Å²) in [7, 11) is 1.56. The Balaban J connectivity index is 2.18. The standard InChI is InChI=1S/C16H17NO4/c1-3-11-5-4-6-12(7-11)10-21-15-9-17(2)13(16(19)20)8-14(15)18/h4-9H,3,10H2,1-2H3,(H,19,20). The molecule has 0 aliphatic heterocycles. The molecule has 1 aromatic carbocycles. The first-order valence-corrected chi connectivity index (χ1v) is 6.66. The first-order valence-electron chi connectivity index (χ1n) is 6.66. The van der Waals surface area contributed by atoms with E-state index in [1.165, 1.54) is 16.3 Å². The smallest absolute Gasteiger partial charge is 0.352 e. The predicted molar refractivity (Wildman–Crippen MR) is 78.8 cm³/mol. The van der Waals surface area contributed by atoms with E-state index in [1.54, 1.807) is 7.05 Å². The van der Waals surface area contributed by atoms with Gasteiger partial charge in [0, 0.05) is 13.1 Å². The third-order valence-corrected chi connectivity index (χ3v) is 3.21. The molecule has 5 heteroatoms. The van der Waals surface area contributed by atoms with Gasteiger partial charge in [-0.2, -0.15) is 0 Å². The van der Waals surface area contributed by atoms with Gasteiger partial charge in [0.2, 0.25) is 5.43 Å². The SMILES string of the molecule is CCc1cccc(COc2cn(C)c(C(=O)O)cc2=O)c1. The normalized spacial score (nSPS) is 10.4. The van der Waals surface area contributed by atoms with E-state index in [9.17, 15) is 9.59 Å². The molecule has 1 N–H and O–H groups in total. The second-order valence-electron chi connectivity index (χ2n) is 4.77. The van der Waals surface area contributed by atoms with Crippen LogP contribution in [0, 0.1) is 0 Å². The maximum absolute atomic E-state index is 11.8. The number of aryl methyl sites for hydroxylation is 2. The van der Waals surface area contributed by atoms with E-state index >= 15 is 0 Å². The third-order valence-electron chi connectivity index (χ3n) is 3.21. The molecule has 0 radical (unpaired) electrons. The number of hydrogen-bond donors (Lipinski definition) is 1. The molecule has 0 amide bonds. The molecule has 0 spiro atoms. The molecular weight excluding hydrogens is 270 g/mol. The lowest BCUT2D eigenvalue weighted by molar-refractivity contribution is 0.0685. The van der Waals surface area contributed by atoms with E-state index < -0.39 is 11.4 Å². The van der Waals surface area contributed by atoms with E-state index in [2.05, 4.69) is 6.92 Å². The van der Waals surface area contributed by atoms with Gasteiger partial charge < -0.3 is 14.4 Å². The molecule has 110 valence electrons. The second kappa shape index (κ2) is 6.26. The van der Waals surface area contributed by atoms with E-state index in [4.69, 9.17) is 9.84 Å². The summed E-state index contributed by atoms with van der Waals surface area (Å²) >= 11 is 0. The molecule has 0 aliphatic rings. The lowest BCUT2D eigenvalue weighted by Gasteiger charge is -2.10. The number of benzene rings is 1. The number of carboxylic acids is 1. The highest BCUT2D eigenvalue weighted by Gasteiger charge is 2.11. The molecule has 2 aromatic rings. The van der Waals surface area contributed by atoms with Gasteiger partial charge in [0.15, 0.2) is 5.75 Å². The van der Waals surface area contributed by atoms with Crippen molar-refractivity contribution in [3.8, 4) is 5.75 Å². The quantitative estimate of drug-likeness (QED) is 0.915. The largest absolute Gasteiger partial charge is 0.483 e. The van der Waals surface area contributed by atoms with Gasteiger partial charge in [-0.1, -0.05) is 31.2 Å². The lowest BCUT2D eigenvalue weighted by Crippen LogP contribution is -2.16. The number of ether oxygens (including phenoxy) is 1. The van der Waals surface area contributed by atoms with Crippen molar-refractivity contribution in [3.05, 3.63) is 63.6 Å². The number of nitrogens with zero attached hydrogens (tertiary/aromatic N) is 1. The van der Waals surface area contributed by atoms with Crippen molar-refractivity contribution >= 4 is 5.97 Å². The molecule has 0 atom stereocenters. The third kappa shape index (κ3) is 3.51. The molecule has 0 bridgehead atoms. The van der Waals surface area contributed by atoms with Crippen LogP contribution in [0.25, 0.3) is 0 Å². The van der Waals surface area contributed by atoms with Crippen molar-refractivity contribution in [2.75, 3.05) is 0 Å². The monoisotopic (exact) mass is 287 g/mol. The maximum Gasteiger partial charge on any atom is 0.352 e. The summed E-state index contributed by atoms with van der Waals surface area (Å²) in [6.07, 6.45) is 2.33. The summed E-state index contributed by atoms with van der Waals surface area (Å²) in [5.41, 5.74) is 1.67. The average molecular weight is 287 g/mol. The topological polar surface area (TPSA) is 68.5 Å². The first kappa shape index (κ1) is 14.8. The zero-order valence-corrected chi connectivity index (χ0v) is 12.0. The van der Waals surface area contributed by atoms with Crippen LogP contribution in [0.3, 0.4) is 0 Å². The van der Waals surface area contributed by atoms with Crippen molar-refractivity contribution in [1.82, 2.24) is 4.57 Å². The van der Waals surface area contributed by atoms with E-state index in [0.717, 1.165) is 18.1 Å². The Morgan fingerprint density at radius 1 is 1.29 bits per heavy atom. The Labute approximate surface area is 122 Å². The Morgan fingerprint density at radius 2 is 2.00 bits per heavy atom. The maximum atomic E-state index is 11.8. The van der Waals surface area contributed by atoms with Crippen LogP contribution in [0.5, 0.6) is 5.75 Å². The molecule has 0 fully saturated rings. The Bertz CT molecular complexity index is 718. The van der Waals surface area contributed by atoms with Crippen molar-refractivity contribution < 1.29 is 14.6 Å². The van der Waals surface area contributed by atoms with Gasteiger partial charge in [-0.3, -0.25) is 4.79 Å². The zero-order valence-electron chi connectivity index (χ0n) is 12.0. The fraction of sp³-hybridized carbons (Fsp3) is 0.250. The van der Waals surface area contributed by atoms with Crippen LogP contribution in [0.1, 0.15) is 28.5 Å². The zero-order chi connectivity index (χ0) is 15.4. The van der Waals surface area contributed by atoms with Crippen molar-refractivity contribution in [2.45, 2.75) is 20.0 Å². The van der Waals surface area contributed by atoms with Gasteiger partial charge in [-0.05, 0) is 17.5 Å². The second-order valence-corrected chi connectivity index (χ2v) is 4.77. The molecule has 1 heterocycles. The van der Waals surface area contributed by atoms with Crippen LogP contribution in [-0.2, 0) is 20.1 Å². The molecule has 0 aliphatic carbocycles. The summed E-state index contributed by atoms with van der Waals surface area (Å²) in [5, 5.41) is 8.95. The van der Waals surface area contributed by atoms with Gasteiger partial charge in [0.25, 0.3) is 0 Å². The molecule has 0 unspecified atom stereocenters. The van der Waals surface area contributed by atoms with Gasteiger partial charge >= 0.3 is 5.97 Å². The molecule has 2 rings (SSSR count). The Morgan fingerprint density at radius 3 is 2.67 bits per heavy atom. The molecule has 0 saturated carbocycles. The minimum Gasteiger partial charge on any atom is -0.483 e. The Kier molecular flexibility index (Phi) is 4.42. The van der Waals surface area contributed by atoms with E-state index in [-0.39, 0.29) is 18.1 Å². The molecule has 0 saturated heterocycles. The summed E-state index contributed by atoms with van der Waals surface area (Å²) in [5.74, 6) is -0.999. The number of carboxylic acid groups (broad SMARTS) is 1. The molecule has 21 heavy (non-hydrogen) atoms. The lowest BCUT2D eigenvalue weighted by atomic mass is 10.1. The van der Waals surface area contributed by atoms with Crippen LogP contribution in [0.4, 0.5) is 0 Å². The van der Waals surface area contributed by atoms with Crippen LogP contribution >= 0.6 is 0 Å². The number of aromatic carboxylic acids is 1. The van der Waals surface area contributed by atoms with Crippen LogP contribution in [-0.4, -0.2) is 15.6 Å². The summed E-state index contributed by atoms with van der Waals surface area (Å²) in [6.45, 7) is 2.34. The number of aromatic nitrogens is 1. The predicted octanol–water partition coefficient (Wildman–Crippen LogP) is 2.22. The number of pyridine rings is 1. The van der Waals surface area contributed by atoms with Gasteiger partial charge in [0.1, 0.15) is 12.3 Å². The minimum atomic E-state index is -1.14. The van der Waals surface area contributed by atoms with Crippen LogP contribution in [0.15, 0.2) is 41.3 Å². The van der Waals surface area contributed by atoms with Gasteiger partial charge in [-0.15, -0.1) is 0 Å². The highest BCUT2D eigenvalue weighted by Crippen LogP contribution is 2.11. The van der Waals surface area contributed by atoms with E-state index in [1.807, 2.05) is 24.3 Å². The summed E-state index contributed by atoms with van der Waals surface area (Å²) in [4.78, 5) is 22.8. The highest BCUT2D eigenvalue weighted by atomic mass is 16.5. The number of hydrogen-bond acceptors (Lipinski definition) is 3. The average Bonchev–Trinajstić information content (AvgIpc) is 2.47. The Hall–Kier alpha value is -2.56. The fourth-order valence-corrected chi connectivity index (χ4v) is 2.03. The van der Waals surface area contributed by atoms with Crippen molar-refractivity contribution in [3.63, 3.8) is 0 Å². The van der Waals surface area contributed by atoms with Crippen molar-refractivity contribution in [1.29, 1.82) is 0 Å². The van der Waals surface area contributed by atoms with E-state index in [0.29, 0.717) is 0 Å². The number of rotatable bonds is 5. The fourth-order valence-electron chi connectivity index (χ4n) is 2.03. The number of carbonyl (C=O) groups is 1. The van der Waals surface area contributed by atoms with Crippen molar-refractivity contribution in [2.24, 2.45) is 7.05 Å². The van der Waals surface area contributed by atoms with Gasteiger partial charge in [0.05, 0.1) is 6.20 Å². The van der Waals surface area contributed by atoms with Crippen LogP contribution < -0.4 is 10.2 Å². The summed E-state index contributed by atoms with van der Waals surface area (Å²) < 4.78 is 6.87. The highest BCUT2D eigenvalue weighted by molar-refractivity contribution is 5.85.